The van der Waals surface area contributed by atoms with Crippen LogP contribution in [0.5, 0.6) is 0 Å². The molecule has 0 saturated heterocycles. The van der Waals surface area contributed by atoms with Crippen molar-refractivity contribution in [3.05, 3.63) is 11.8 Å². The van der Waals surface area contributed by atoms with Crippen molar-refractivity contribution < 1.29 is 49.6 Å². The second-order valence-corrected chi connectivity index (χ2v) is 10.4. The number of hydrogen-bond donors (Lipinski definition) is 12. The molecule has 0 spiro atoms. The van der Waals surface area contributed by atoms with E-state index in [1.165, 1.54) is 14.0 Å². The van der Waals surface area contributed by atoms with E-state index in [2.05, 4.69) is 10.6 Å². The molecule has 13 unspecified atom stereocenters. The Bertz CT molecular complexity index is 810. The molecule has 0 aromatic rings. The minimum Gasteiger partial charge on any atom is -0.492 e. The van der Waals surface area contributed by atoms with Crippen molar-refractivity contribution in [1.82, 2.24) is 10.6 Å². The minimum atomic E-state index is -1.86. The van der Waals surface area contributed by atoms with Crippen LogP contribution in [0.15, 0.2) is 11.8 Å². The summed E-state index contributed by atoms with van der Waals surface area (Å²) >= 11 is 0. The molecule has 1 fully saturated rings. The molecule has 0 aromatic heterocycles. The van der Waals surface area contributed by atoms with Crippen LogP contribution in [0.4, 0.5) is 0 Å². The number of amides is 1. The molecule has 1 heterocycles. The van der Waals surface area contributed by atoms with Gasteiger partial charge in [-0.1, -0.05) is 0 Å². The number of aliphatic hydroxyl groups excluding tert-OH is 6. The van der Waals surface area contributed by atoms with Crippen LogP contribution in [0.25, 0.3) is 0 Å². The lowest BCUT2D eigenvalue weighted by atomic mass is 9.72. The number of carbonyl (C=O) groups is 1. The van der Waals surface area contributed by atoms with Gasteiger partial charge in [0.2, 0.25) is 0 Å². The molecule has 16 heteroatoms. The molecule has 0 bridgehead atoms. The van der Waals surface area contributed by atoms with E-state index in [9.17, 15) is 30.3 Å². The Hall–Kier alpha value is -1.51. The Morgan fingerprint density at radius 3 is 2.48 bits per heavy atom. The summed E-state index contributed by atoms with van der Waals surface area (Å²) < 4.78 is 17.4. The standard InChI is InChI=1S/C24H48N6O10/c1-10(32)17(28)20(36)24(38-2)40-22-14(30-23(37)18(34)15(33)8-25)7-13(27)16(19(22)35)21-12(26)4-3-11(39-21)9-29-5-6-31/h3,10,12-22,24,29,31-36H,4-9,25-28H2,1-2H3,(H,30,37). The number of nitrogens with one attached hydrogen (secondary N) is 2. The number of aliphatic hydroxyl groups is 6. The summed E-state index contributed by atoms with van der Waals surface area (Å²) in [5, 5.41) is 66.7. The lowest BCUT2D eigenvalue weighted by Gasteiger charge is -2.49. The largest absolute Gasteiger partial charge is 0.492 e. The van der Waals surface area contributed by atoms with Crippen LogP contribution in [0.1, 0.15) is 19.8 Å². The molecule has 1 saturated carbocycles. The lowest BCUT2D eigenvalue weighted by Crippen LogP contribution is -2.68. The van der Waals surface area contributed by atoms with E-state index in [4.69, 9.17) is 42.3 Å². The van der Waals surface area contributed by atoms with E-state index in [0.717, 1.165) is 0 Å². The quantitative estimate of drug-likeness (QED) is 0.0633. The second-order valence-electron chi connectivity index (χ2n) is 10.4. The topological polar surface area (TPSA) is 294 Å². The zero-order valence-corrected chi connectivity index (χ0v) is 23.0. The van der Waals surface area contributed by atoms with Gasteiger partial charge in [0, 0.05) is 38.2 Å². The Balaban J connectivity index is 2.35. The van der Waals surface area contributed by atoms with Crippen molar-refractivity contribution in [2.75, 3.05) is 33.4 Å². The number of rotatable bonds is 15. The first-order valence-corrected chi connectivity index (χ1v) is 13.4. The molecule has 2 rings (SSSR count). The molecular weight excluding hydrogens is 532 g/mol. The first-order chi connectivity index (χ1) is 18.9. The van der Waals surface area contributed by atoms with Gasteiger partial charge in [-0.15, -0.1) is 0 Å². The maximum Gasteiger partial charge on any atom is 0.251 e. The summed E-state index contributed by atoms with van der Waals surface area (Å²) in [4.78, 5) is 12.7. The summed E-state index contributed by atoms with van der Waals surface area (Å²) in [6, 6.07) is -3.52. The number of methoxy groups -OCH3 is 1. The summed E-state index contributed by atoms with van der Waals surface area (Å²) in [6.07, 6.45) is -8.74. The van der Waals surface area contributed by atoms with Crippen molar-refractivity contribution in [1.29, 1.82) is 0 Å². The summed E-state index contributed by atoms with van der Waals surface area (Å²) in [5.41, 5.74) is 24.1. The molecule has 13 atom stereocenters. The Labute approximate surface area is 233 Å². The molecule has 0 radical (unpaired) electrons. The molecular formula is C24H48N6O10. The zero-order chi connectivity index (χ0) is 30.1. The van der Waals surface area contributed by atoms with Gasteiger partial charge in [0.05, 0.1) is 37.4 Å². The maximum absolute atomic E-state index is 12.7. The molecule has 234 valence electrons. The van der Waals surface area contributed by atoms with Crippen molar-refractivity contribution >= 4 is 5.91 Å². The van der Waals surface area contributed by atoms with Crippen LogP contribution >= 0.6 is 0 Å². The van der Waals surface area contributed by atoms with E-state index in [1.54, 1.807) is 0 Å². The molecule has 0 aromatic carbocycles. The summed E-state index contributed by atoms with van der Waals surface area (Å²) in [5.74, 6) is -1.23. The number of ether oxygens (including phenoxy) is 3. The highest BCUT2D eigenvalue weighted by Gasteiger charge is 2.51. The minimum absolute atomic E-state index is 0.0208. The van der Waals surface area contributed by atoms with E-state index in [-0.39, 0.29) is 19.6 Å². The lowest BCUT2D eigenvalue weighted by molar-refractivity contribution is -0.248. The van der Waals surface area contributed by atoms with Crippen LogP contribution < -0.4 is 33.6 Å². The molecule has 2 aliphatic rings. The highest BCUT2D eigenvalue weighted by Crippen LogP contribution is 2.35. The van der Waals surface area contributed by atoms with Gasteiger partial charge in [0.1, 0.15) is 30.2 Å². The Morgan fingerprint density at radius 2 is 1.90 bits per heavy atom. The van der Waals surface area contributed by atoms with Crippen molar-refractivity contribution in [2.24, 2.45) is 28.9 Å². The van der Waals surface area contributed by atoms with Gasteiger partial charge in [-0.05, 0) is 25.8 Å². The molecule has 1 amide bonds. The molecule has 16 nitrogen and oxygen atoms in total. The average molecular weight is 581 g/mol. The number of carbonyl (C=O) groups excluding carboxylic acids is 1. The van der Waals surface area contributed by atoms with E-state index in [0.29, 0.717) is 25.3 Å². The predicted molar refractivity (Wildman–Crippen MR) is 142 cm³/mol. The molecule has 40 heavy (non-hydrogen) atoms. The summed E-state index contributed by atoms with van der Waals surface area (Å²) in [6.45, 7) is 1.60. The van der Waals surface area contributed by atoms with Crippen molar-refractivity contribution in [3.63, 3.8) is 0 Å². The molecule has 1 aliphatic heterocycles. The first kappa shape index (κ1) is 34.7. The van der Waals surface area contributed by atoms with Crippen molar-refractivity contribution in [2.45, 2.75) is 93.0 Å². The predicted octanol–water partition coefficient (Wildman–Crippen LogP) is -6.13. The fraction of sp³-hybridized carbons (Fsp3) is 0.875. The molecule has 1 aliphatic carbocycles. The average Bonchev–Trinajstić information content (AvgIpc) is 2.92. The fourth-order valence-corrected chi connectivity index (χ4v) is 5.00. The molecule has 16 N–H and O–H groups in total. The normalized spacial score (nSPS) is 33.6. The maximum atomic E-state index is 12.7. The highest BCUT2D eigenvalue weighted by molar-refractivity contribution is 5.81. The third-order valence-corrected chi connectivity index (χ3v) is 7.40. The van der Waals surface area contributed by atoms with E-state index < -0.39 is 85.0 Å². The van der Waals surface area contributed by atoms with E-state index in [1.807, 2.05) is 6.08 Å². The van der Waals surface area contributed by atoms with Crippen LogP contribution in [0.3, 0.4) is 0 Å². The van der Waals surface area contributed by atoms with Crippen molar-refractivity contribution in [3.8, 4) is 0 Å². The monoisotopic (exact) mass is 580 g/mol. The number of nitrogens with two attached hydrogens (primary N) is 4. The van der Waals surface area contributed by atoms with Gasteiger partial charge in [-0.3, -0.25) is 4.79 Å². The highest BCUT2D eigenvalue weighted by atomic mass is 16.7. The zero-order valence-electron chi connectivity index (χ0n) is 23.0. The SMILES string of the molecule is COC(OC1C(NC(=O)C(O)C(O)CN)CC(N)C(C2OC(CNCCO)=CCC2N)C1O)C(O)C(N)C(C)O. The van der Waals surface area contributed by atoms with Crippen LogP contribution in [-0.4, -0.2) is 143 Å². The van der Waals surface area contributed by atoms with E-state index >= 15 is 0 Å². The summed E-state index contributed by atoms with van der Waals surface area (Å²) in [7, 11) is 1.23. The first-order valence-electron chi connectivity index (χ1n) is 13.4. The smallest absolute Gasteiger partial charge is 0.251 e. The fourth-order valence-electron chi connectivity index (χ4n) is 5.00. The van der Waals surface area contributed by atoms with Gasteiger partial charge in [-0.2, -0.15) is 0 Å². The Kier molecular flexibility index (Phi) is 14.1. The van der Waals surface area contributed by atoms with Crippen LogP contribution in [-0.2, 0) is 19.0 Å². The van der Waals surface area contributed by atoms with Gasteiger partial charge in [-0.25, -0.2) is 0 Å². The van der Waals surface area contributed by atoms with Gasteiger partial charge in [0.15, 0.2) is 12.4 Å². The third-order valence-electron chi connectivity index (χ3n) is 7.40. The second kappa shape index (κ2) is 16.2. The Morgan fingerprint density at radius 1 is 1.23 bits per heavy atom. The van der Waals surface area contributed by atoms with Gasteiger partial charge >= 0.3 is 0 Å². The van der Waals surface area contributed by atoms with Crippen LogP contribution in [0, 0.1) is 5.92 Å². The van der Waals surface area contributed by atoms with Gasteiger partial charge < -0.3 is 78.4 Å². The van der Waals surface area contributed by atoms with Crippen LogP contribution in [0.2, 0.25) is 0 Å². The third kappa shape index (κ3) is 8.75. The van der Waals surface area contributed by atoms with Gasteiger partial charge in [0.25, 0.3) is 5.91 Å². The number of hydrogen-bond acceptors (Lipinski definition) is 15.